The fraction of sp³-hybridized carbons (Fsp3) is 0.208. The number of nitrogens with one attached hydrogen (secondary N) is 2. The number of amides is 1. The molecule has 0 radical (unpaired) electrons. The number of pyridine rings is 1. The van der Waals surface area contributed by atoms with Gasteiger partial charge in [0.05, 0.1) is 23.2 Å². The lowest BCUT2D eigenvalue weighted by molar-refractivity contribution is 0.102. The highest BCUT2D eigenvalue weighted by atomic mass is 32.2. The number of fused-ring (bicyclic) bond motifs is 1. The number of hydrogen-bond acceptors (Lipinski definition) is 5. The van der Waals surface area contributed by atoms with E-state index in [0.29, 0.717) is 36.4 Å². The Kier molecular flexibility index (Phi) is 6.62. The third-order valence-corrected chi connectivity index (χ3v) is 7.58. The molecule has 4 rings (SSSR count). The molecule has 2 N–H and O–H groups in total. The predicted molar refractivity (Wildman–Crippen MR) is 130 cm³/mol. The molecule has 0 saturated carbocycles. The number of carbonyl (C=O) groups is 1. The van der Waals surface area contributed by atoms with Crippen LogP contribution in [0.15, 0.2) is 76.6 Å². The molecule has 4 aromatic rings. The van der Waals surface area contributed by atoms with Crippen LogP contribution in [-0.4, -0.2) is 46.5 Å². The molecule has 0 bridgehead atoms. The molecule has 34 heavy (non-hydrogen) atoms. The highest BCUT2D eigenvalue weighted by Gasteiger charge is 2.23. The van der Waals surface area contributed by atoms with Crippen LogP contribution in [0.4, 0.5) is 5.82 Å². The predicted octanol–water partition coefficient (Wildman–Crippen LogP) is 3.06. The van der Waals surface area contributed by atoms with Crippen molar-refractivity contribution in [3.8, 4) is 0 Å². The van der Waals surface area contributed by atoms with Crippen molar-refractivity contribution in [1.29, 1.82) is 0 Å². The fourth-order valence-electron chi connectivity index (χ4n) is 3.80. The minimum Gasteiger partial charge on any atom is -0.322 e. The highest BCUT2D eigenvalue weighted by Crippen LogP contribution is 2.23. The van der Waals surface area contributed by atoms with Gasteiger partial charge in [-0.3, -0.25) is 9.59 Å². The topological polar surface area (TPSA) is 117 Å². The number of H-pyrrole nitrogens is 1. The molecule has 0 aliphatic heterocycles. The smallest absolute Gasteiger partial charge is 0.257 e. The summed E-state index contributed by atoms with van der Waals surface area (Å²) < 4.78 is 29.0. The monoisotopic (exact) mass is 479 g/mol. The zero-order chi connectivity index (χ0) is 24.3. The number of nitrogens with zero attached hydrogens (tertiary/aromatic N) is 3. The molecule has 176 valence electrons. The molecule has 9 nitrogen and oxygen atoms in total. The molecule has 0 unspecified atom stereocenters. The molecule has 0 spiro atoms. The van der Waals surface area contributed by atoms with E-state index < -0.39 is 21.5 Å². The molecule has 2 aromatic carbocycles. The molecular weight excluding hydrogens is 454 g/mol. The first-order valence-corrected chi connectivity index (χ1v) is 12.3. The zero-order valence-corrected chi connectivity index (χ0v) is 19.7. The lowest BCUT2D eigenvalue weighted by Crippen LogP contribution is -2.30. The number of rotatable bonds is 8. The van der Waals surface area contributed by atoms with Crippen LogP contribution in [0.3, 0.4) is 0 Å². The third kappa shape index (κ3) is 4.63. The summed E-state index contributed by atoms with van der Waals surface area (Å²) in [6.45, 7) is 4.61. The van der Waals surface area contributed by atoms with Crippen molar-refractivity contribution in [3.05, 3.63) is 88.3 Å². The molecule has 0 fully saturated rings. The van der Waals surface area contributed by atoms with E-state index in [0.717, 1.165) is 5.56 Å². The van der Waals surface area contributed by atoms with Gasteiger partial charge in [0, 0.05) is 36.1 Å². The summed E-state index contributed by atoms with van der Waals surface area (Å²) in [6, 6.07) is 16.9. The lowest BCUT2D eigenvalue weighted by Gasteiger charge is -2.19. The molecule has 0 aliphatic carbocycles. The van der Waals surface area contributed by atoms with Crippen LogP contribution in [0.25, 0.3) is 10.9 Å². The second-order valence-corrected chi connectivity index (χ2v) is 9.60. The SMILES string of the molecule is CCN(CC)S(=O)(=O)c1ccc2[nH]c(=O)cc(C(=O)Nc3ccnn3Cc3ccccc3)c2c1. The zero-order valence-electron chi connectivity index (χ0n) is 18.9. The first kappa shape index (κ1) is 23.4. The quantitative estimate of drug-likeness (QED) is 0.403. The van der Waals surface area contributed by atoms with Gasteiger partial charge in [0.2, 0.25) is 15.6 Å². The van der Waals surface area contributed by atoms with Crippen LogP contribution in [0.5, 0.6) is 0 Å². The van der Waals surface area contributed by atoms with Gasteiger partial charge in [0.1, 0.15) is 5.82 Å². The van der Waals surface area contributed by atoms with E-state index in [1.165, 1.54) is 28.6 Å². The maximum absolute atomic E-state index is 13.2. The molecule has 0 atom stereocenters. The van der Waals surface area contributed by atoms with Gasteiger partial charge in [-0.1, -0.05) is 44.2 Å². The van der Waals surface area contributed by atoms with Crippen LogP contribution in [0.1, 0.15) is 29.8 Å². The Bertz CT molecular complexity index is 1490. The van der Waals surface area contributed by atoms with Crippen LogP contribution < -0.4 is 10.9 Å². The normalized spacial score (nSPS) is 11.7. The molecule has 1 amide bonds. The van der Waals surface area contributed by atoms with Gasteiger partial charge in [-0.2, -0.15) is 9.40 Å². The first-order chi connectivity index (χ1) is 16.3. The summed E-state index contributed by atoms with van der Waals surface area (Å²) in [5.74, 6) is -0.0856. The van der Waals surface area contributed by atoms with Crippen LogP contribution in [-0.2, 0) is 16.6 Å². The van der Waals surface area contributed by atoms with E-state index in [2.05, 4.69) is 15.4 Å². The summed E-state index contributed by atoms with van der Waals surface area (Å²) in [5, 5.41) is 7.40. The van der Waals surface area contributed by atoms with Gasteiger partial charge >= 0.3 is 0 Å². The Hall–Kier alpha value is -3.76. The average molecular weight is 480 g/mol. The Labute approximate surface area is 197 Å². The van der Waals surface area contributed by atoms with E-state index in [1.807, 2.05) is 30.3 Å². The Morgan fingerprint density at radius 2 is 1.79 bits per heavy atom. The van der Waals surface area contributed by atoms with Crippen molar-refractivity contribution in [3.63, 3.8) is 0 Å². The number of aromatic nitrogens is 3. The van der Waals surface area contributed by atoms with Crippen LogP contribution in [0.2, 0.25) is 0 Å². The summed E-state index contributed by atoms with van der Waals surface area (Å²) in [6.07, 6.45) is 1.57. The van der Waals surface area contributed by atoms with Gasteiger partial charge in [-0.05, 0) is 23.8 Å². The molecule has 2 heterocycles. The Morgan fingerprint density at radius 1 is 1.06 bits per heavy atom. The van der Waals surface area contributed by atoms with E-state index in [1.54, 1.807) is 30.8 Å². The number of hydrogen-bond donors (Lipinski definition) is 2. The average Bonchev–Trinajstić information content (AvgIpc) is 3.25. The highest BCUT2D eigenvalue weighted by molar-refractivity contribution is 7.89. The Balaban J connectivity index is 1.71. The van der Waals surface area contributed by atoms with E-state index in [9.17, 15) is 18.0 Å². The maximum Gasteiger partial charge on any atom is 0.257 e. The minimum absolute atomic E-state index is 0.0546. The summed E-state index contributed by atoms with van der Waals surface area (Å²) in [5.41, 5.74) is 0.987. The summed E-state index contributed by atoms with van der Waals surface area (Å²) in [4.78, 5) is 28.2. The van der Waals surface area contributed by atoms with Gasteiger partial charge < -0.3 is 10.3 Å². The van der Waals surface area contributed by atoms with Crippen molar-refractivity contribution in [2.75, 3.05) is 18.4 Å². The van der Waals surface area contributed by atoms with E-state index in [-0.39, 0.29) is 10.5 Å². The third-order valence-electron chi connectivity index (χ3n) is 5.54. The van der Waals surface area contributed by atoms with Gasteiger partial charge in [-0.25, -0.2) is 13.1 Å². The second kappa shape index (κ2) is 9.62. The van der Waals surface area contributed by atoms with E-state index in [4.69, 9.17) is 0 Å². The van der Waals surface area contributed by atoms with Crippen LogP contribution in [0, 0.1) is 0 Å². The van der Waals surface area contributed by atoms with Gasteiger partial charge in [-0.15, -0.1) is 0 Å². The van der Waals surface area contributed by atoms with E-state index >= 15 is 0 Å². The molecule has 2 aromatic heterocycles. The number of benzene rings is 2. The standard InChI is InChI=1S/C24H25N5O4S/c1-3-28(4-2)34(32,33)18-10-11-21-19(14-18)20(15-23(30)26-21)24(31)27-22-12-13-25-29(22)16-17-8-6-5-7-9-17/h5-15H,3-4,16H2,1-2H3,(H,26,30)(H,27,31). The van der Waals surface area contributed by atoms with Crippen LogP contribution >= 0.6 is 0 Å². The first-order valence-electron chi connectivity index (χ1n) is 10.9. The fourth-order valence-corrected chi connectivity index (χ4v) is 5.28. The molecular formula is C24H25N5O4S. The number of anilines is 1. The molecule has 0 saturated heterocycles. The van der Waals surface area contributed by atoms with Crippen molar-refractivity contribution in [2.24, 2.45) is 0 Å². The number of aromatic amines is 1. The van der Waals surface area contributed by atoms with Gasteiger partial charge in [0.25, 0.3) is 5.91 Å². The van der Waals surface area contributed by atoms with Crippen molar-refractivity contribution >= 4 is 32.7 Å². The largest absolute Gasteiger partial charge is 0.322 e. The minimum atomic E-state index is -3.74. The van der Waals surface area contributed by atoms with Crippen molar-refractivity contribution < 1.29 is 13.2 Å². The number of sulfonamides is 1. The van der Waals surface area contributed by atoms with Gasteiger partial charge in [0.15, 0.2) is 0 Å². The summed E-state index contributed by atoms with van der Waals surface area (Å²) >= 11 is 0. The summed E-state index contributed by atoms with van der Waals surface area (Å²) in [7, 11) is -3.74. The number of carbonyl (C=O) groups excluding carboxylic acids is 1. The maximum atomic E-state index is 13.2. The lowest BCUT2D eigenvalue weighted by atomic mass is 10.1. The Morgan fingerprint density at radius 3 is 2.50 bits per heavy atom. The molecule has 10 heteroatoms. The molecule has 0 aliphatic rings. The second-order valence-electron chi connectivity index (χ2n) is 7.66. The van der Waals surface area contributed by atoms with Crippen molar-refractivity contribution in [2.45, 2.75) is 25.3 Å². The van der Waals surface area contributed by atoms with Crippen molar-refractivity contribution in [1.82, 2.24) is 19.1 Å².